The molecule has 0 saturated carbocycles. The maximum Gasteiger partial charge on any atom is 0.0688 e. The topological polar surface area (TPSA) is 33.1 Å². The van der Waals surface area contributed by atoms with E-state index in [0.29, 0.717) is 5.02 Å². The summed E-state index contributed by atoms with van der Waals surface area (Å²) in [6, 6.07) is 5.44. The van der Waals surface area contributed by atoms with Crippen molar-refractivity contribution in [3.8, 4) is 0 Å². The first-order valence-electron chi connectivity index (χ1n) is 3.95. The number of benzene rings is 1. The standard InChI is InChI=1S/C10H8ClNO/c11-10-2-1-7(6-13)9-5-12-4-3-8(9)10/h1-5,13H,6H2. The van der Waals surface area contributed by atoms with Gasteiger partial charge in [0.25, 0.3) is 0 Å². The highest BCUT2D eigenvalue weighted by atomic mass is 35.5. The van der Waals surface area contributed by atoms with Crippen molar-refractivity contribution in [1.82, 2.24) is 4.98 Å². The Kier molecular flexibility index (Phi) is 2.17. The van der Waals surface area contributed by atoms with Crippen molar-refractivity contribution < 1.29 is 5.11 Å². The number of aliphatic hydroxyl groups excluding tert-OH is 1. The van der Waals surface area contributed by atoms with Crippen molar-refractivity contribution in [1.29, 1.82) is 0 Å². The summed E-state index contributed by atoms with van der Waals surface area (Å²) in [6.45, 7) is 0.0133. The van der Waals surface area contributed by atoms with E-state index in [9.17, 15) is 0 Å². The summed E-state index contributed by atoms with van der Waals surface area (Å²) in [4.78, 5) is 3.99. The highest BCUT2D eigenvalue weighted by Crippen LogP contribution is 2.25. The highest BCUT2D eigenvalue weighted by Gasteiger charge is 2.02. The van der Waals surface area contributed by atoms with E-state index in [2.05, 4.69) is 4.98 Å². The van der Waals surface area contributed by atoms with Crippen LogP contribution in [0, 0.1) is 0 Å². The predicted octanol–water partition coefficient (Wildman–Crippen LogP) is 2.38. The minimum atomic E-state index is 0.0133. The molecule has 2 rings (SSSR count). The molecule has 0 spiro atoms. The molecule has 1 aromatic carbocycles. The number of nitrogens with zero attached hydrogens (tertiary/aromatic N) is 1. The van der Waals surface area contributed by atoms with Crippen LogP contribution in [0.4, 0.5) is 0 Å². The first-order chi connectivity index (χ1) is 6.33. The quantitative estimate of drug-likeness (QED) is 0.755. The zero-order valence-corrected chi connectivity index (χ0v) is 7.62. The lowest BCUT2D eigenvalue weighted by atomic mass is 10.1. The predicted molar refractivity (Wildman–Crippen MR) is 52.7 cm³/mol. The molecule has 0 aliphatic heterocycles. The van der Waals surface area contributed by atoms with Crippen LogP contribution in [0.5, 0.6) is 0 Å². The van der Waals surface area contributed by atoms with Crippen molar-refractivity contribution in [3.63, 3.8) is 0 Å². The maximum absolute atomic E-state index is 9.06. The van der Waals surface area contributed by atoms with E-state index in [1.165, 1.54) is 0 Å². The molecule has 13 heavy (non-hydrogen) atoms. The summed E-state index contributed by atoms with van der Waals surface area (Å²) in [5.74, 6) is 0. The number of fused-ring (bicyclic) bond motifs is 1. The van der Waals surface area contributed by atoms with E-state index in [0.717, 1.165) is 16.3 Å². The van der Waals surface area contributed by atoms with Crippen molar-refractivity contribution in [3.05, 3.63) is 41.2 Å². The van der Waals surface area contributed by atoms with E-state index in [1.54, 1.807) is 18.5 Å². The lowest BCUT2D eigenvalue weighted by Gasteiger charge is -2.03. The molecule has 1 heterocycles. The zero-order valence-electron chi connectivity index (χ0n) is 6.87. The summed E-state index contributed by atoms with van der Waals surface area (Å²) in [5.41, 5.74) is 0.854. The zero-order chi connectivity index (χ0) is 9.26. The Morgan fingerprint density at radius 2 is 2.08 bits per heavy atom. The molecular formula is C10H8ClNO. The largest absolute Gasteiger partial charge is 0.392 e. The van der Waals surface area contributed by atoms with E-state index in [1.807, 2.05) is 12.1 Å². The molecule has 1 N–H and O–H groups in total. The van der Waals surface area contributed by atoms with Crippen LogP contribution in [-0.4, -0.2) is 10.1 Å². The minimum Gasteiger partial charge on any atom is -0.392 e. The summed E-state index contributed by atoms with van der Waals surface area (Å²) in [7, 11) is 0. The van der Waals surface area contributed by atoms with Crippen molar-refractivity contribution >= 4 is 22.4 Å². The molecule has 2 nitrogen and oxygen atoms in total. The van der Waals surface area contributed by atoms with E-state index >= 15 is 0 Å². The molecule has 1 aromatic heterocycles. The van der Waals surface area contributed by atoms with Crippen LogP contribution in [0.15, 0.2) is 30.6 Å². The second-order valence-electron chi connectivity index (χ2n) is 2.79. The number of rotatable bonds is 1. The number of hydrogen-bond acceptors (Lipinski definition) is 2. The van der Waals surface area contributed by atoms with Gasteiger partial charge in [0.2, 0.25) is 0 Å². The van der Waals surface area contributed by atoms with Crippen molar-refractivity contribution in [2.45, 2.75) is 6.61 Å². The molecular weight excluding hydrogens is 186 g/mol. The van der Waals surface area contributed by atoms with Gasteiger partial charge < -0.3 is 5.11 Å². The van der Waals surface area contributed by atoms with Crippen molar-refractivity contribution in [2.24, 2.45) is 0 Å². The van der Waals surface area contributed by atoms with Crippen LogP contribution >= 0.6 is 11.6 Å². The van der Waals surface area contributed by atoms with Crippen LogP contribution in [0.25, 0.3) is 10.8 Å². The summed E-state index contributed by atoms with van der Waals surface area (Å²) < 4.78 is 0. The summed E-state index contributed by atoms with van der Waals surface area (Å²) in [6.07, 6.45) is 3.40. The van der Waals surface area contributed by atoms with Gasteiger partial charge in [0.1, 0.15) is 0 Å². The third kappa shape index (κ3) is 1.39. The molecule has 0 atom stereocenters. The average molecular weight is 194 g/mol. The number of hydrogen-bond donors (Lipinski definition) is 1. The lowest BCUT2D eigenvalue weighted by molar-refractivity contribution is 0.283. The second kappa shape index (κ2) is 3.32. The van der Waals surface area contributed by atoms with E-state index < -0.39 is 0 Å². The summed E-state index contributed by atoms with van der Waals surface area (Å²) >= 11 is 5.98. The van der Waals surface area contributed by atoms with Gasteiger partial charge >= 0.3 is 0 Å². The number of aliphatic hydroxyl groups is 1. The van der Waals surface area contributed by atoms with Gasteiger partial charge in [-0.3, -0.25) is 4.98 Å². The molecule has 2 aromatic rings. The second-order valence-corrected chi connectivity index (χ2v) is 3.19. The van der Waals surface area contributed by atoms with E-state index in [-0.39, 0.29) is 6.61 Å². The Balaban J connectivity index is 2.84. The van der Waals surface area contributed by atoms with Gasteiger partial charge in [-0.25, -0.2) is 0 Å². The van der Waals surface area contributed by atoms with Gasteiger partial charge in [-0.05, 0) is 17.7 Å². The Labute approximate surface area is 80.8 Å². The number of pyridine rings is 1. The highest BCUT2D eigenvalue weighted by molar-refractivity contribution is 6.35. The molecule has 0 saturated heterocycles. The van der Waals surface area contributed by atoms with Gasteiger partial charge in [0.05, 0.1) is 6.61 Å². The Morgan fingerprint density at radius 3 is 2.85 bits per heavy atom. The average Bonchev–Trinajstić information content (AvgIpc) is 2.19. The molecule has 0 bridgehead atoms. The molecule has 0 unspecified atom stereocenters. The molecule has 3 heteroatoms. The first kappa shape index (κ1) is 8.48. The van der Waals surface area contributed by atoms with Gasteiger partial charge in [0, 0.05) is 28.2 Å². The van der Waals surface area contributed by atoms with Gasteiger partial charge in [-0.1, -0.05) is 17.7 Å². The number of aromatic nitrogens is 1. The Hall–Kier alpha value is -1.12. The maximum atomic E-state index is 9.06. The Morgan fingerprint density at radius 1 is 1.23 bits per heavy atom. The smallest absolute Gasteiger partial charge is 0.0688 e. The van der Waals surface area contributed by atoms with Crippen LogP contribution < -0.4 is 0 Å². The monoisotopic (exact) mass is 193 g/mol. The van der Waals surface area contributed by atoms with Crippen LogP contribution in [-0.2, 0) is 6.61 Å². The fourth-order valence-corrected chi connectivity index (χ4v) is 1.58. The van der Waals surface area contributed by atoms with Gasteiger partial charge in [-0.2, -0.15) is 0 Å². The van der Waals surface area contributed by atoms with E-state index in [4.69, 9.17) is 16.7 Å². The van der Waals surface area contributed by atoms with Crippen LogP contribution in [0.1, 0.15) is 5.56 Å². The molecule has 0 amide bonds. The third-order valence-corrected chi connectivity index (χ3v) is 2.36. The fraction of sp³-hybridized carbons (Fsp3) is 0.100. The van der Waals surface area contributed by atoms with Crippen LogP contribution in [0.2, 0.25) is 5.02 Å². The SMILES string of the molecule is OCc1ccc(Cl)c2ccncc12. The summed E-state index contributed by atoms with van der Waals surface area (Å²) in [5, 5.41) is 11.6. The molecule has 0 radical (unpaired) electrons. The lowest BCUT2D eigenvalue weighted by Crippen LogP contribution is -1.86. The normalized spacial score (nSPS) is 10.6. The van der Waals surface area contributed by atoms with Gasteiger partial charge in [-0.15, -0.1) is 0 Å². The fourth-order valence-electron chi connectivity index (χ4n) is 1.35. The van der Waals surface area contributed by atoms with Gasteiger partial charge in [0.15, 0.2) is 0 Å². The molecule has 0 aliphatic rings. The number of halogens is 1. The molecule has 0 aliphatic carbocycles. The van der Waals surface area contributed by atoms with Crippen molar-refractivity contribution in [2.75, 3.05) is 0 Å². The minimum absolute atomic E-state index is 0.0133. The van der Waals surface area contributed by atoms with Crippen LogP contribution in [0.3, 0.4) is 0 Å². The molecule has 66 valence electrons. The molecule has 0 fully saturated rings. The Bertz CT molecular complexity index is 442. The third-order valence-electron chi connectivity index (χ3n) is 2.03. The first-order valence-corrected chi connectivity index (χ1v) is 4.32.